The Hall–Kier alpha value is -3.22. The van der Waals surface area contributed by atoms with Gasteiger partial charge in [-0.25, -0.2) is 4.98 Å². The number of hydrogen-bond donors (Lipinski definition) is 2. The summed E-state index contributed by atoms with van der Waals surface area (Å²) in [7, 11) is 0. The van der Waals surface area contributed by atoms with Crippen molar-refractivity contribution in [2.24, 2.45) is 0 Å². The molecule has 2 aromatic carbocycles. The smallest absolute Gasteiger partial charge is 0.136 e. The molecule has 150 valence electrons. The van der Waals surface area contributed by atoms with Crippen LogP contribution in [0.4, 0.5) is 11.5 Å². The molecule has 0 atom stereocenters. The van der Waals surface area contributed by atoms with Gasteiger partial charge in [0.25, 0.3) is 0 Å². The molecular formula is C24H22N4OS. The van der Waals surface area contributed by atoms with E-state index in [2.05, 4.69) is 46.3 Å². The molecule has 0 aliphatic carbocycles. The fourth-order valence-electron chi connectivity index (χ4n) is 3.92. The Morgan fingerprint density at radius 1 is 1.03 bits per heavy atom. The Morgan fingerprint density at radius 2 is 1.87 bits per heavy atom. The van der Waals surface area contributed by atoms with Crippen molar-refractivity contribution < 1.29 is 4.74 Å². The number of nitrogens with one attached hydrogen (secondary N) is 1. The first-order valence-electron chi connectivity index (χ1n) is 9.95. The highest BCUT2D eigenvalue weighted by Gasteiger charge is 2.19. The molecule has 0 radical (unpaired) electrons. The minimum atomic E-state index is 0.636. The van der Waals surface area contributed by atoms with E-state index in [4.69, 9.17) is 15.9 Å². The standard InChI is InChI=1S/C24H22N4OS/c25-15-18-12-17(19-5-3-7-27-24(19)28-8-10-29-11-9-28)13-20(23(18)26)22-14-16-4-1-2-6-21(16)30-22/h1-7,12-15,25H,8-11,26H2. The number of nitrogens with zero attached hydrogens (tertiary/aromatic N) is 2. The van der Waals surface area contributed by atoms with E-state index in [0.717, 1.165) is 46.0 Å². The van der Waals surface area contributed by atoms with E-state index in [9.17, 15) is 0 Å². The van der Waals surface area contributed by atoms with E-state index in [0.29, 0.717) is 18.9 Å². The second-order valence-corrected chi connectivity index (χ2v) is 8.38. The second-order valence-electron chi connectivity index (χ2n) is 7.29. The molecule has 0 amide bonds. The molecule has 5 nitrogen and oxygen atoms in total. The molecule has 30 heavy (non-hydrogen) atoms. The van der Waals surface area contributed by atoms with E-state index in [1.54, 1.807) is 11.3 Å². The molecule has 0 spiro atoms. The molecule has 1 aliphatic rings. The van der Waals surface area contributed by atoms with E-state index in [-0.39, 0.29) is 0 Å². The molecule has 6 heteroatoms. The zero-order valence-corrected chi connectivity index (χ0v) is 17.3. The zero-order valence-electron chi connectivity index (χ0n) is 16.5. The lowest BCUT2D eigenvalue weighted by molar-refractivity contribution is 0.122. The third-order valence-electron chi connectivity index (χ3n) is 5.47. The number of nitrogen functional groups attached to an aromatic ring is 1. The van der Waals surface area contributed by atoms with Gasteiger partial charge in [-0.1, -0.05) is 18.2 Å². The molecule has 0 unspecified atom stereocenters. The van der Waals surface area contributed by atoms with Gasteiger partial charge in [0, 0.05) is 57.5 Å². The third-order valence-corrected chi connectivity index (χ3v) is 6.62. The van der Waals surface area contributed by atoms with Crippen LogP contribution in [0.15, 0.2) is 60.8 Å². The minimum absolute atomic E-state index is 0.636. The number of thiophene rings is 1. The Morgan fingerprint density at radius 3 is 2.67 bits per heavy atom. The van der Waals surface area contributed by atoms with Crippen molar-refractivity contribution in [1.82, 2.24) is 4.98 Å². The van der Waals surface area contributed by atoms with Crippen molar-refractivity contribution in [3.8, 4) is 21.6 Å². The van der Waals surface area contributed by atoms with E-state index in [1.165, 1.54) is 16.3 Å². The summed E-state index contributed by atoms with van der Waals surface area (Å²) in [5.41, 5.74) is 10.9. The maximum absolute atomic E-state index is 7.92. The summed E-state index contributed by atoms with van der Waals surface area (Å²) < 4.78 is 6.74. The van der Waals surface area contributed by atoms with Crippen LogP contribution in [0.1, 0.15) is 5.56 Å². The van der Waals surface area contributed by atoms with Crippen molar-refractivity contribution in [2.45, 2.75) is 0 Å². The number of ether oxygens (including phenoxy) is 1. The molecule has 1 saturated heterocycles. The number of anilines is 2. The van der Waals surface area contributed by atoms with Crippen molar-refractivity contribution in [1.29, 1.82) is 5.41 Å². The number of pyridine rings is 1. The Kier molecular flexibility index (Phi) is 4.94. The Labute approximate surface area is 179 Å². The highest BCUT2D eigenvalue weighted by molar-refractivity contribution is 7.22. The quantitative estimate of drug-likeness (QED) is 0.362. The fourth-order valence-corrected chi connectivity index (χ4v) is 5.01. The molecule has 3 heterocycles. The molecule has 3 N–H and O–H groups in total. The van der Waals surface area contributed by atoms with Crippen LogP contribution in [0.25, 0.3) is 31.7 Å². The van der Waals surface area contributed by atoms with Crippen molar-refractivity contribution >= 4 is 39.1 Å². The first-order chi connectivity index (χ1) is 14.7. The van der Waals surface area contributed by atoms with Crippen molar-refractivity contribution in [2.75, 3.05) is 36.9 Å². The summed E-state index contributed by atoms with van der Waals surface area (Å²) in [5.74, 6) is 0.948. The first-order valence-corrected chi connectivity index (χ1v) is 10.8. The van der Waals surface area contributed by atoms with Gasteiger partial charge in [-0.2, -0.15) is 0 Å². The normalized spacial score (nSPS) is 14.2. The van der Waals surface area contributed by atoms with Gasteiger partial charge in [-0.15, -0.1) is 11.3 Å². The minimum Gasteiger partial charge on any atom is -0.398 e. The van der Waals surface area contributed by atoms with Crippen LogP contribution in [-0.2, 0) is 4.74 Å². The van der Waals surface area contributed by atoms with E-state index in [1.807, 2.05) is 24.4 Å². The van der Waals surface area contributed by atoms with Crippen molar-refractivity contribution in [3.05, 3.63) is 66.4 Å². The monoisotopic (exact) mass is 414 g/mol. The summed E-state index contributed by atoms with van der Waals surface area (Å²) in [6.07, 6.45) is 3.16. The summed E-state index contributed by atoms with van der Waals surface area (Å²) in [5, 5.41) is 9.12. The van der Waals surface area contributed by atoms with E-state index >= 15 is 0 Å². The van der Waals surface area contributed by atoms with Gasteiger partial charge in [0.1, 0.15) is 5.82 Å². The topological polar surface area (TPSA) is 75.2 Å². The number of fused-ring (bicyclic) bond motifs is 1. The SMILES string of the molecule is N=Cc1cc(-c2cccnc2N2CCOCC2)cc(-c2cc3ccccc3s2)c1N. The van der Waals surface area contributed by atoms with E-state index < -0.39 is 0 Å². The van der Waals surface area contributed by atoms with Crippen molar-refractivity contribution in [3.63, 3.8) is 0 Å². The van der Waals surface area contributed by atoms with Gasteiger partial charge in [-0.05, 0) is 47.3 Å². The molecule has 2 aromatic heterocycles. The molecule has 1 fully saturated rings. The van der Waals surface area contributed by atoms with Crippen LogP contribution in [0.2, 0.25) is 0 Å². The highest BCUT2D eigenvalue weighted by Crippen LogP contribution is 2.41. The lowest BCUT2D eigenvalue weighted by Gasteiger charge is -2.29. The maximum Gasteiger partial charge on any atom is 0.136 e. The van der Waals surface area contributed by atoms with Gasteiger partial charge in [0.2, 0.25) is 0 Å². The van der Waals surface area contributed by atoms with Gasteiger partial charge in [-0.3, -0.25) is 0 Å². The number of aromatic nitrogens is 1. The summed E-state index contributed by atoms with van der Waals surface area (Å²) >= 11 is 1.72. The zero-order chi connectivity index (χ0) is 20.5. The number of benzene rings is 2. The van der Waals surface area contributed by atoms with Gasteiger partial charge < -0.3 is 20.8 Å². The average Bonchev–Trinajstić information content (AvgIpc) is 3.24. The van der Waals surface area contributed by atoms with Crippen LogP contribution < -0.4 is 10.6 Å². The summed E-state index contributed by atoms with van der Waals surface area (Å²) in [6.45, 7) is 3.05. The largest absolute Gasteiger partial charge is 0.398 e. The molecular weight excluding hydrogens is 392 g/mol. The average molecular weight is 415 g/mol. The number of nitrogens with two attached hydrogens (primary N) is 1. The first kappa shape index (κ1) is 18.8. The number of rotatable bonds is 4. The fraction of sp³-hybridized carbons (Fsp3) is 0.167. The van der Waals surface area contributed by atoms with Crippen LogP contribution in [0, 0.1) is 5.41 Å². The predicted octanol–water partition coefficient (Wildman–Crippen LogP) is 5.05. The van der Waals surface area contributed by atoms with Gasteiger partial charge >= 0.3 is 0 Å². The van der Waals surface area contributed by atoms with Crippen LogP contribution >= 0.6 is 11.3 Å². The summed E-state index contributed by atoms with van der Waals surface area (Å²) in [6, 6.07) is 18.7. The highest BCUT2D eigenvalue weighted by atomic mass is 32.1. The van der Waals surface area contributed by atoms with Gasteiger partial charge in [0.05, 0.1) is 13.2 Å². The Balaban J connectivity index is 1.67. The molecule has 4 aromatic rings. The number of morpholine rings is 1. The van der Waals surface area contributed by atoms with Gasteiger partial charge in [0.15, 0.2) is 0 Å². The van der Waals surface area contributed by atoms with Crippen LogP contribution in [-0.4, -0.2) is 37.5 Å². The maximum atomic E-state index is 7.92. The molecule has 1 aliphatic heterocycles. The lowest BCUT2D eigenvalue weighted by atomic mass is 9.97. The number of hydrogen-bond acceptors (Lipinski definition) is 6. The molecule has 0 bridgehead atoms. The third kappa shape index (κ3) is 3.34. The second kappa shape index (κ2) is 7.89. The predicted molar refractivity (Wildman–Crippen MR) is 126 cm³/mol. The lowest BCUT2D eigenvalue weighted by Crippen LogP contribution is -2.37. The molecule has 5 rings (SSSR count). The van der Waals surface area contributed by atoms with Crippen LogP contribution in [0.3, 0.4) is 0 Å². The summed E-state index contributed by atoms with van der Waals surface area (Å²) in [4.78, 5) is 8.05. The Bertz CT molecular complexity index is 1190. The van der Waals surface area contributed by atoms with Crippen LogP contribution in [0.5, 0.6) is 0 Å². The molecule has 0 saturated carbocycles.